The van der Waals surface area contributed by atoms with Crippen LogP contribution in [0.5, 0.6) is 0 Å². The largest absolute Gasteiger partial charge is 0.299 e. The van der Waals surface area contributed by atoms with E-state index in [2.05, 4.69) is 11.8 Å². The summed E-state index contributed by atoms with van der Waals surface area (Å²) in [4.78, 5) is 11.7. The van der Waals surface area contributed by atoms with Gasteiger partial charge >= 0.3 is 0 Å². The quantitative estimate of drug-likeness (QED) is 0.587. The van der Waals surface area contributed by atoms with Crippen LogP contribution in [-0.4, -0.2) is 5.78 Å². The normalized spacial score (nSPS) is 28.2. The van der Waals surface area contributed by atoms with Crippen molar-refractivity contribution in [1.82, 2.24) is 0 Å². The molecule has 2 saturated carbocycles. The average molecular weight is 252 g/mol. The first-order valence-corrected chi connectivity index (χ1v) is 7.37. The lowest BCUT2D eigenvalue weighted by atomic mass is 9.84. The summed E-state index contributed by atoms with van der Waals surface area (Å²) in [5.41, 5.74) is 1.50. The van der Waals surface area contributed by atoms with Gasteiger partial charge in [-0.3, -0.25) is 4.79 Å². The summed E-state index contributed by atoms with van der Waals surface area (Å²) in [6, 6.07) is 10.1. The van der Waals surface area contributed by atoms with E-state index >= 15 is 0 Å². The van der Waals surface area contributed by atoms with Gasteiger partial charge in [-0.15, -0.1) is 0 Å². The second-order valence-electron chi connectivity index (χ2n) is 5.96. The van der Waals surface area contributed by atoms with Crippen molar-refractivity contribution < 1.29 is 4.79 Å². The number of hydrogen-bond donors (Lipinski definition) is 0. The molecule has 0 unspecified atom stereocenters. The standard InChI is InChI=1S/C18H20O/c19-17-11-7-13-18(14-16(17)18)12-6-2-5-10-15-8-3-1-4-9-15/h1,3-4,8-9,16H,2,6-7,11-14H2/t16-,18-/m1/s1. The van der Waals surface area contributed by atoms with Gasteiger partial charge in [-0.25, -0.2) is 0 Å². The second kappa shape index (κ2) is 5.21. The number of fused-ring (bicyclic) bond motifs is 1. The van der Waals surface area contributed by atoms with Crippen molar-refractivity contribution in [2.75, 3.05) is 0 Å². The molecule has 0 saturated heterocycles. The highest BCUT2D eigenvalue weighted by molar-refractivity contribution is 5.85. The molecule has 1 nitrogen and oxygen atoms in total. The summed E-state index contributed by atoms with van der Waals surface area (Å²) in [5, 5.41) is 0. The zero-order valence-electron chi connectivity index (χ0n) is 11.3. The molecule has 2 fully saturated rings. The van der Waals surface area contributed by atoms with Gasteiger partial charge in [-0.1, -0.05) is 30.0 Å². The summed E-state index contributed by atoms with van der Waals surface area (Å²) >= 11 is 0. The first-order valence-electron chi connectivity index (χ1n) is 7.37. The Kier molecular flexibility index (Phi) is 3.42. The highest BCUT2D eigenvalue weighted by Gasteiger charge is 2.57. The van der Waals surface area contributed by atoms with Crippen molar-refractivity contribution in [3.05, 3.63) is 35.9 Å². The van der Waals surface area contributed by atoms with Gasteiger partial charge in [-0.05, 0) is 49.7 Å². The zero-order valence-corrected chi connectivity index (χ0v) is 11.3. The molecule has 0 heterocycles. The molecule has 2 aliphatic rings. The van der Waals surface area contributed by atoms with Crippen LogP contribution in [0.15, 0.2) is 30.3 Å². The predicted octanol–water partition coefficient (Wildman–Crippen LogP) is 3.97. The number of carbonyl (C=O) groups is 1. The van der Waals surface area contributed by atoms with Gasteiger partial charge in [-0.2, -0.15) is 0 Å². The third-order valence-corrected chi connectivity index (χ3v) is 4.66. The van der Waals surface area contributed by atoms with E-state index in [1.807, 2.05) is 30.3 Å². The molecule has 1 aromatic carbocycles. The Morgan fingerprint density at radius 3 is 2.95 bits per heavy atom. The fourth-order valence-electron chi connectivity index (χ4n) is 3.48. The Bertz CT molecular complexity index is 520. The second-order valence-corrected chi connectivity index (χ2v) is 5.96. The summed E-state index contributed by atoms with van der Waals surface area (Å²) in [5.74, 6) is 7.40. The topological polar surface area (TPSA) is 17.1 Å². The lowest BCUT2D eigenvalue weighted by molar-refractivity contribution is -0.122. The van der Waals surface area contributed by atoms with Gasteiger partial charge in [0.15, 0.2) is 0 Å². The summed E-state index contributed by atoms with van der Waals surface area (Å²) in [6.45, 7) is 0. The number of rotatable bonds is 3. The average Bonchev–Trinajstić information content (AvgIpc) is 3.16. The lowest BCUT2D eigenvalue weighted by Gasteiger charge is -2.20. The highest BCUT2D eigenvalue weighted by Crippen LogP contribution is 2.62. The molecule has 1 heteroatoms. The Balaban J connectivity index is 1.45. The monoisotopic (exact) mass is 252 g/mol. The zero-order chi connectivity index (χ0) is 13.1. The van der Waals surface area contributed by atoms with Crippen LogP contribution >= 0.6 is 0 Å². The SMILES string of the molecule is O=C1CCC[C@]2(CCCC#Cc3ccccc3)C[C@H]12. The molecule has 98 valence electrons. The van der Waals surface area contributed by atoms with Crippen LogP contribution in [0.2, 0.25) is 0 Å². The van der Waals surface area contributed by atoms with E-state index in [1.54, 1.807) is 0 Å². The number of benzene rings is 1. The Morgan fingerprint density at radius 1 is 1.26 bits per heavy atom. The molecule has 0 aliphatic heterocycles. The molecule has 0 amide bonds. The molecule has 0 bridgehead atoms. The van der Waals surface area contributed by atoms with Crippen LogP contribution in [0.25, 0.3) is 0 Å². The van der Waals surface area contributed by atoms with Gasteiger partial charge in [0.05, 0.1) is 0 Å². The number of ketones is 1. The Labute approximate surface area is 115 Å². The minimum atomic E-state index is 0.407. The van der Waals surface area contributed by atoms with Gasteiger partial charge in [0.2, 0.25) is 0 Å². The van der Waals surface area contributed by atoms with Crippen molar-refractivity contribution >= 4 is 5.78 Å². The molecule has 0 N–H and O–H groups in total. The summed E-state index contributed by atoms with van der Waals surface area (Å²) in [6.07, 6.45) is 7.69. The van der Waals surface area contributed by atoms with Crippen LogP contribution in [0.3, 0.4) is 0 Å². The van der Waals surface area contributed by atoms with Crippen LogP contribution < -0.4 is 0 Å². The van der Waals surface area contributed by atoms with Gasteiger partial charge in [0, 0.05) is 24.3 Å². The van der Waals surface area contributed by atoms with Crippen molar-refractivity contribution in [1.29, 1.82) is 0 Å². The fourth-order valence-corrected chi connectivity index (χ4v) is 3.48. The van der Waals surface area contributed by atoms with Crippen LogP contribution in [0, 0.1) is 23.2 Å². The maximum Gasteiger partial charge on any atom is 0.136 e. The number of carbonyl (C=O) groups excluding carboxylic acids is 1. The van der Waals surface area contributed by atoms with Crippen LogP contribution in [0.1, 0.15) is 50.5 Å². The molecule has 19 heavy (non-hydrogen) atoms. The highest BCUT2D eigenvalue weighted by atomic mass is 16.1. The third-order valence-electron chi connectivity index (χ3n) is 4.66. The van der Waals surface area contributed by atoms with Gasteiger partial charge in [0.25, 0.3) is 0 Å². The predicted molar refractivity (Wildman–Crippen MR) is 76.6 cm³/mol. The molecule has 0 aromatic heterocycles. The van der Waals surface area contributed by atoms with E-state index in [0.29, 0.717) is 17.1 Å². The number of unbranched alkanes of at least 4 members (excludes halogenated alkanes) is 1. The van der Waals surface area contributed by atoms with Crippen molar-refractivity contribution in [3.63, 3.8) is 0 Å². The minimum Gasteiger partial charge on any atom is -0.299 e. The molecule has 1 aromatic rings. The maximum absolute atomic E-state index is 11.7. The smallest absolute Gasteiger partial charge is 0.136 e. The van der Waals surface area contributed by atoms with E-state index in [4.69, 9.17) is 0 Å². The van der Waals surface area contributed by atoms with E-state index in [9.17, 15) is 4.79 Å². The lowest BCUT2D eigenvalue weighted by Crippen LogP contribution is -2.17. The molecule has 2 aliphatic carbocycles. The van der Waals surface area contributed by atoms with Crippen LogP contribution in [0.4, 0.5) is 0 Å². The Morgan fingerprint density at radius 2 is 2.11 bits per heavy atom. The van der Waals surface area contributed by atoms with E-state index in [1.165, 1.54) is 12.8 Å². The molecular formula is C18H20O. The Hall–Kier alpha value is -1.55. The number of hydrogen-bond acceptors (Lipinski definition) is 1. The first-order chi connectivity index (χ1) is 9.30. The van der Waals surface area contributed by atoms with Crippen molar-refractivity contribution in [3.8, 4) is 11.8 Å². The third kappa shape index (κ3) is 2.73. The summed E-state index contributed by atoms with van der Waals surface area (Å²) in [7, 11) is 0. The summed E-state index contributed by atoms with van der Waals surface area (Å²) < 4.78 is 0. The molecule has 2 atom stereocenters. The number of Topliss-reactive ketones (excluding diaryl/α,β-unsaturated/α-hetero) is 1. The molecular weight excluding hydrogens is 232 g/mol. The van der Waals surface area contributed by atoms with Crippen LogP contribution in [-0.2, 0) is 4.79 Å². The van der Waals surface area contributed by atoms with Gasteiger partial charge < -0.3 is 0 Å². The van der Waals surface area contributed by atoms with Gasteiger partial charge in [0.1, 0.15) is 5.78 Å². The van der Waals surface area contributed by atoms with E-state index in [0.717, 1.165) is 37.7 Å². The molecule has 0 spiro atoms. The van der Waals surface area contributed by atoms with Crippen molar-refractivity contribution in [2.45, 2.75) is 44.9 Å². The fraction of sp³-hybridized carbons (Fsp3) is 0.500. The first kappa shape index (κ1) is 12.5. The maximum atomic E-state index is 11.7. The van der Waals surface area contributed by atoms with E-state index < -0.39 is 0 Å². The van der Waals surface area contributed by atoms with E-state index in [-0.39, 0.29) is 0 Å². The minimum absolute atomic E-state index is 0.407. The molecule has 0 radical (unpaired) electrons. The van der Waals surface area contributed by atoms with Crippen molar-refractivity contribution in [2.24, 2.45) is 11.3 Å². The molecule has 3 rings (SSSR count).